The molecular weight excluding hydrogens is 306 g/mol. The summed E-state index contributed by atoms with van der Waals surface area (Å²) in [5, 5.41) is 9.67. The van der Waals surface area contributed by atoms with Crippen LogP contribution in [0.3, 0.4) is 0 Å². The van der Waals surface area contributed by atoms with Crippen molar-refractivity contribution in [3.63, 3.8) is 0 Å². The Morgan fingerprint density at radius 1 is 1.29 bits per heavy atom. The minimum Gasteiger partial charge on any atom is -0.481 e. The van der Waals surface area contributed by atoms with Crippen molar-refractivity contribution in [3.05, 3.63) is 34.4 Å². The number of allylic oxidation sites excluding steroid dienone is 5. The third-order valence-electron chi connectivity index (χ3n) is 2.49. The second-order valence-electron chi connectivity index (χ2n) is 3.76. The molecule has 0 aromatic rings. The highest BCUT2D eigenvalue weighted by Crippen LogP contribution is 2.62. The van der Waals surface area contributed by atoms with Crippen molar-refractivity contribution in [1.29, 1.82) is 0 Å². The van der Waals surface area contributed by atoms with E-state index in [1.807, 2.05) is 0 Å². The molecule has 0 aliphatic heterocycles. The summed E-state index contributed by atoms with van der Waals surface area (Å²) < 4.78 is -1.29. The van der Waals surface area contributed by atoms with Crippen LogP contribution in [-0.4, -0.2) is 15.4 Å². The SMILES string of the molecule is C=C(/C=C\C(Cl)=C(/C)Cl)[C@@H]1[C@@H](C(=O)O)C1(Cl)Cl. The molecule has 0 saturated heterocycles. The molecule has 0 aromatic carbocycles. The largest absolute Gasteiger partial charge is 0.481 e. The van der Waals surface area contributed by atoms with Gasteiger partial charge in [-0.25, -0.2) is 0 Å². The van der Waals surface area contributed by atoms with Gasteiger partial charge >= 0.3 is 5.97 Å². The summed E-state index contributed by atoms with van der Waals surface area (Å²) in [6.07, 6.45) is 3.11. The third-order valence-corrected chi connectivity index (χ3v) is 4.14. The van der Waals surface area contributed by atoms with E-state index in [9.17, 15) is 4.79 Å². The fourth-order valence-corrected chi connectivity index (χ4v) is 2.46. The first-order chi connectivity index (χ1) is 7.69. The zero-order valence-corrected chi connectivity index (χ0v) is 11.9. The fourth-order valence-electron chi connectivity index (χ4n) is 1.49. The van der Waals surface area contributed by atoms with Gasteiger partial charge in [-0.15, -0.1) is 0 Å². The number of aliphatic carboxylic acids is 1. The van der Waals surface area contributed by atoms with Crippen LogP contribution in [0.5, 0.6) is 0 Å². The summed E-state index contributed by atoms with van der Waals surface area (Å²) in [5.74, 6) is -2.37. The van der Waals surface area contributed by atoms with E-state index in [1.165, 1.54) is 6.08 Å². The molecule has 0 radical (unpaired) electrons. The Balaban J connectivity index is 2.76. The van der Waals surface area contributed by atoms with Crippen LogP contribution in [0.2, 0.25) is 0 Å². The van der Waals surface area contributed by atoms with Crippen LogP contribution in [0.25, 0.3) is 0 Å². The van der Waals surface area contributed by atoms with Crippen LogP contribution in [-0.2, 0) is 4.79 Å². The lowest BCUT2D eigenvalue weighted by Crippen LogP contribution is -2.03. The molecule has 1 fully saturated rings. The zero-order chi connectivity index (χ0) is 13.4. The van der Waals surface area contributed by atoms with Crippen molar-refractivity contribution in [2.45, 2.75) is 11.3 Å². The van der Waals surface area contributed by atoms with Gasteiger partial charge in [0.05, 0.1) is 11.0 Å². The number of hydrogen-bond donors (Lipinski definition) is 1. The minimum absolute atomic E-state index is 0.357. The fraction of sp³-hybridized carbons (Fsp3) is 0.364. The van der Waals surface area contributed by atoms with Gasteiger partial charge in [0.25, 0.3) is 0 Å². The maximum atomic E-state index is 10.8. The number of carbonyl (C=O) groups is 1. The second kappa shape index (κ2) is 5.23. The lowest BCUT2D eigenvalue weighted by molar-refractivity contribution is -0.138. The molecule has 94 valence electrons. The molecule has 17 heavy (non-hydrogen) atoms. The van der Waals surface area contributed by atoms with E-state index in [1.54, 1.807) is 13.0 Å². The molecule has 1 saturated carbocycles. The third kappa shape index (κ3) is 3.19. The molecule has 6 heteroatoms. The Labute approximate surface area is 119 Å². The Hall–Kier alpha value is -0.150. The standard InChI is InChI=1S/C11H10Cl4O2/c1-5(3-4-7(13)6(2)12)8-9(10(16)17)11(8,14)15/h3-4,8-9H,1H2,2H3,(H,16,17)/b4-3-,7-6-/t8-,9+/m1/s1. The van der Waals surface area contributed by atoms with Crippen molar-refractivity contribution in [2.75, 3.05) is 0 Å². The quantitative estimate of drug-likeness (QED) is 0.620. The van der Waals surface area contributed by atoms with Crippen molar-refractivity contribution in [3.8, 4) is 0 Å². The van der Waals surface area contributed by atoms with Gasteiger partial charge in [0, 0.05) is 11.0 Å². The number of halogens is 4. The summed E-state index contributed by atoms with van der Waals surface area (Å²) in [4.78, 5) is 10.8. The van der Waals surface area contributed by atoms with Gasteiger partial charge in [-0.05, 0) is 18.6 Å². The summed E-state index contributed by atoms with van der Waals surface area (Å²) in [7, 11) is 0. The van der Waals surface area contributed by atoms with Crippen LogP contribution in [0.15, 0.2) is 34.4 Å². The van der Waals surface area contributed by atoms with Crippen molar-refractivity contribution >= 4 is 52.4 Å². The Morgan fingerprint density at radius 2 is 1.82 bits per heavy atom. The highest BCUT2D eigenvalue weighted by atomic mass is 35.5. The number of alkyl halides is 2. The summed E-state index contributed by atoms with van der Waals surface area (Å²) in [6.45, 7) is 5.37. The van der Waals surface area contributed by atoms with E-state index >= 15 is 0 Å². The second-order valence-corrected chi connectivity index (χ2v) is 6.18. The zero-order valence-electron chi connectivity index (χ0n) is 8.88. The summed E-state index contributed by atoms with van der Waals surface area (Å²) in [5.41, 5.74) is 0.512. The number of carboxylic acids is 1. The van der Waals surface area contributed by atoms with Gasteiger partial charge in [0.2, 0.25) is 0 Å². The minimum atomic E-state index is -1.29. The highest BCUT2D eigenvalue weighted by Gasteiger charge is 2.68. The lowest BCUT2D eigenvalue weighted by atomic mass is 10.1. The molecule has 0 aromatic heterocycles. The van der Waals surface area contributed by atoms with Crippen molar-refractivity contribution in [2.24, 2.45) is 11.8 Å². The first-order valence-electron chi connectivity index (χ1n) is 4.69. The molecule has 1 N–H and O–H groups in total. The summed E-state index contributed by atoms with van der Waals surface area (Å²) in [6, 6.07) is 0. The topological polar surface area (TPSA) is 37.3 Å². The Kier molecular flexibility index (Phi) is 4.59. The average molecular weight is 316 g/mol. The van der Waals surface area contributed by atoms with E-state index in [-0.39, 0.29) is 0 Å². The molecule has 0 heterocycles. The lowest BCUT2D eigenvalue weighted by Gasteiger charge is -1.98. The smallest absolute Gasteiger partial charge is 0.310 e. The molecule has 0 bridgehead atoms. The molecule has 1 aliphatic rings. The first kappa shape index (κ1) is 14.9. The molecule has 1 aliphatic carbocycles. The number of carboxylic acid groups (broad SMARTS) is 1. The normalized spacial score (nSPS) is 27.8. The Bertz CT molecular complexity index is 419. The van der Waals surface area contributed by atoms with Crippen LogP contribution in [0.1, 0.15) is 6.92 Å². The predicted molar refractivity (Wildman–Crippen MR) is 71.7 cm³/mol. The number of rotatable bonds is 4. The van der Waals surface area contributed by atoms with E-state index in [2.05, 4.69) is 6.58 Å². The maximum Gasteiger partial charge on any atom is 0.310 e. The van der Waals surface area contributed by atoms with Crippen LogP contribution < -0.4 is 0 Å². The molecule has 2 atom stereocenters. The highest BCUT2D eigenvalue weighted by molar-refractivity contribution is 6.53. The Morgan fingerprint density at radius 3 is 2.18 bits per heavy atom. The molecule has 1 rings (SSSR count). The van der Waals surface area contributed by atoms with Crippen molar-refractivity contribution in [1.82, 2.24) is 0 Å². The maximum absolute atomic E-state index is 10.8. The first-order valence-corrected chi connectivity index (χ1v) is 6.20. The average Bonchev–Trinajstić information content (AvgIpc) is 2.77. The van der Waals surface area contributed by atoms with E-state index < -0.39 is 22.1 Å². The van der Waals surface area contributed by atoms with Gasteiger partial charge < -0.3 is 5.11 Å². The van der Waals surface area contributed by atoms with E-state index in [0.717, 1.165) is 0 Å². The van der Waals surface area contributed by atoms with Crippen LogP contribution in [0.4, 0.5) is 0 Å². The molecule has 0 spiro atoms. The van der Waals surface area contributed by atoms with Gasteiger partial charge in [0.15, 0.2) is 0 Å². The van der Waals surface area contributed by atoms with Gasteiger partial charge in [-0.2, -0.15) is 0 Å². The van der Waals surface area contributed by atoms with Crippen molar-refractivity contribution < 1.29 is 9.90 Å². The van der Waals surface area contributed by atoms with E-state index in [0.29, 0.717) is 15.6 Å². The van der Waals surface area contributed by atoms with Crippen LogP contribution >= 0.6 is 46.4 Å². The summed E-state index contributed by atoms with van der Waals surface area (Å²) >= 11 is 23.2. The molecule has 2 nitrogen and oxygen atoms in total. The van der Waals surface area contributed by atoms with Gasteiger partial charge in [-0.1, -0.05) is 59.1 Å². The van der Waals surface area contributed by atoms with Gasteiger partial charge in [-0.3, -0.25) is 4.79 Å². The van der Waals surface area contributed by atoms with Gasteiger partial charge in [0.1, 0.15) is 4.33 Å². The molecular formula is C11H10Cl4O2. The molecule has 0 amide bonds. The molecule has 0 unspecified atom stereocenters. The number of hydrogen-bond acceptors (Lipinski definition) is 1. The predicted octanol–water partition coefficient (Wildman–Crippen LogP) is 4.31. The monoisotopic (exact) mass is 314 g/mol. The van der Waals surface area contributed by atoms with E-state index in [4.69, 9.17) is 51.5 Å². The van der Waals surface area contributed by atoms with Crippen LogP contribution in [0, 0.1) is 11.8 Å².